The van der Waals surface area contributed by atoms with Gasteiger partial charge >= 0.3 is 11.9 Å². The first-order valence-electron chi connectivity index (χ1n) is 16.6. The zero-order valence-corrected chi connectivity index (χ0v) is 30.0. The van der Waals surface area contributed by atoms with Crippen LogP contribution in [0.5, 0.6) is 0 Å². The van der Waals surface area contributed by atoms with E-state index in [9.17, 15) is 32.7 Å². The van der Waals surface area contributed by atoms with Crippen LogP contribution in [-0.4, -0.2) is 114 Å². The number of amides is 1. The van der Waals surface area contributed by atoms with Crippen molar-refractivity contribution in [3.05, 3.63) is 66.2 Å². The number of methoxy groups -OCH3 is 1. The van der Waals surface area contributed by atoms with Crippen LogP contribution in [0.3, 0.4) is 0 Å². The van der Waals surface area contributed by atoms with Crippen molar-refractivity contribution in [3.63, 3.8) is 0 Å². The number of nitrogens with one attached hydrogen (secondary N) is 1. The Morgan fingerprint density at radius 3 is 2.30 bits per heavy atom. The number of esters is 2. The number of aromatic nitrogens is 6. The van der Waals surface area contributed by atoms with Gasteiger partial charge in [0.1, 0.15) is 36.2 Å². The molecule has 1 amide bonds. The van der Waals surface area contributed by atoms with Crippen LogP contribution in [0.4, 0.5) is 18.9 Å². The SMILES string of the molecule is CO[C@H]1C[SH]([C@@H]2COC[C@H](n3cc(-c4cccc(NC(C)=O)c4)nn3)[C@H]2O)[C@H](COC(C)=O)[C@H](OC(C)=O)[C@H]1n1cc(-c2cc(F)c(F)c(F)c2)nn1. The average molecular weight is 762 g/mol. The molecule has 4 aromatic rings. The second-order valence-electron chi connectivity index (χ2n) is 12.8. The highest BCUT2D eigenvalue weighted by Gasteiger charge is 2.52. The largest absolute Gasteiger partial charge is 0.465 e. The molecule has 284 valence electrons. The van der Waals surface area contributed by atoms with E-state index >= 15 is 0 Å². The van der Waals surface area contributed by atoms with Crippen molar-refractivity contribution in [2.24, 2.45) is 0 Å². The highest BCUT2D eigenvalue weighted by Crippen LogP contribution is 2.52. The lowest BCUT2D eigenvalue weighted by molar-refractivity contribution is -0.154. The van der Waals surface area contributed by atoms with Gasteiger partial charge in [0.25, 0.3) is 0 Å². The molecular formula is C34H38F3N7O8S. The van der Waals surface area contributed by atoms with E-state index in [0.29, 0.717) is 22.7 Å². The second-order valence-corrected chi connectivity index (χ2v) is 15.5. The Kier molecular flexibility index (Phi) is 11.5. The van der Waals surface area contributed by atoms with E-state index < -0.39 is 81.2 Å². The summed E-state index contributed by atoms with van der Waals surface area (Å²) in [5, 5.41) is 30.3. The lowest BCUT2D eigenvalue weighted by atomic mass is 10.0. The standard InChI is InChI=1S/C34H38F3N7O8S/c1-17(45)38-22-7-5-6-20(8-22)25-11-43(41-39-25)27-13-50-14-29(33(27)48)53-16-28(49-4)32(34(52-19(3)47)30(53)15-51-18(2)46)44-12-26(40-42-44)21-9-23(35)31(37)24(36)10-21/h5-12,27-30,32-34,48,53H,13-16H2,1-4H3,(H,38,45)/t27-,28-,29+,30+,32-,33+,34-/m0/s1. The second kappa shape index (κ2) is 16.0. The molecule has 19 heteroatoms. The Balaban J connectivity index is 1.32. The summed E-state index contributed by atoms with van der Waals surface area (Å²) in [6.07, 6.45) is 0.251. The molecule has 2 aliphatic rings. The Labute approximate surface area is 304 Å². The number of aliphatic hydroxyl groups excluding tert-OH is 1. The summed E-state index contributed by atoms with van der Waals surface area (Å²) in [6, 6.07) is 7.10. The molecule has 0 spiro atoms. The number of carbonyl (C=O) groups excluding carboxylic acids is 3. The molecule has 0 bridgehead atoms. The summed E-state index contributed by atoms with van der Waals surface area (Å²) in [5.41, 5.74) is 1.70. The number of halogens is 3. The summed E-state index contributed by atoms with van der Waals surface area (Å²) >= 11 is 0. The van der Waals surface area contributed by atoms with Crippen molar-refractivity contribution in [2.75, 3.05) is 38.0 Å². The van der Waals surface area contributed by atoms with E-state index in [0.717, 1.165) is 12.1 Å². The number of benzene rings is 2. The van der Waals surface area contributed by atoms with Crippen LogP contribution in [0.2, 0.25) is 0 Å². The van der Waals surface area contributed by atoms with Gasteiger partial charge in [-0.25, -0.2) is 33.4 Å². The maximum atomic E-state index is 14.1. The predicted molar refractivity (Wildman–Crippen MR) is 184 cm³/mol. The van der Waals surface area contributed by atoms with Gasteiger partial charge in [-0.15, -0.1) is 10.2 Å². The summed E-state index contributed by atoms with van der Waals surface area (Å²) in [7, 11) is 0.0276. The van der Waals surface area contributed by atoms with Gasteiger partial charge in [0.05, 0.1) is 43.1 Å². The van der Waals surface area contributed by atoms with Crippen LogP contribution in [0.25, 0.3) is 22.5 Å². The van der Waals surface area contributed by atoms with Crippen molar-refractivity contribution in [1.82, 2.24) is 30.0 Å². The number of nitrogens with zero attached hydrogens (tertiary/aromatic N) is 6. The van der Waals surface area contributed by atoms with Gasteiger partial charge in [0, 0.05) is 55.7 Å². The molecule has 2 N–H and O–H groups in total. The Morgan fingerprint density at radius 2 is 1.64 bits per heavy atom. The molecule has 2 aliphatic heterocycles. The first-order valence-corrected chi connectivity index (χ1v) is 18.2. The van der Waals surface area contributed by atoms with Gasteiger partial charge in [-0.3, -0.25) is 14.4 Å². The fourth-order valence-corrected chi connectivity index (χ4v) is 10.4. The topological polar surface area (TPSA) is 182 Å². The molecule has 2 saturated heterocycles. The van der Waals surface area contributed by atoms with E-state index in [4.69, 9.17) is 18.9 Å². The summed E-state index contributed by atoms with van der Waals surface area (Å²) in [5.74, 6) is -5.60. The molecule has 6 rings (SSSR count). The van der Waals surface area contributed by atoms with Crippen LogP contribution in [-0.2, 0) is 33.3 Å². The predicted octanol–water partition coefficient (Wildman–Crippen LogP) is 3.01. The van der Waals surface area contributed by atoms with E-state index in [-0.39, 0.29) is 37.0 Å². The number of anilines is 1. The summed E-state index contributed by atoms with van der Waals surface area (Å²) in [6.45, 7) is 3.93. The van der Waals surface area contributed by atoms with Crippen molar-refractivity contribution < 1.29 is 51.6 Å². The van der Waals surface area contributed by atoms with Crippen LogP contribution in [0.1, 0.15) is 32.9 Å². The molecule has 2 aromatic heterocycles. The maximum Gasteiger partial charge on any atom is 0.303 e. The van der Waals surface area contributed by atoms with Gasteiger partial charge in [-0.2, -0.15) is 0 Å². The fourth-order valence-electron chi connectivity index (χ4n) is 6.81. The highest BCUT2D eigenvalue weighted by molar-refractivity contribution is 8.18. The fraction of sp³-hybridized carbons (Fsp3) is 0.441. The first-order chi connectivity index (χ1) is 25.3. The van der Waals surface area contributed by atoms with Crippen molar-refractivity contribution in [2.45, 2.75) is 61.7 Å². The van der Waals surface area contributed by atoms with Crippen molar-refractivity contribution in [1.29, 1.82) is 0 Å². The van der Waals surface area contributed by atoms with Crippen LogP contribution in [0, 0.1) is 17.5 Å². The highest BCUT2D eigenvalue weighted by atomic mass is 32.2. The van der Waals surface area contributed by atoms with Gasteiger partial charge in [0.2, 0.25) is 5.91 Å². The minimum atomic E-state index is -1.63. The maximum absolute atomic E-state index is 14.1. The number of hydrogen-bond acceptors (Lipinski definition) is 12. The molecule has 8 atom stereocenters. The molecule has 4 heterocycles. The van der Waals surface area contributed by atoms with Crippen LogP contribution < -0.4 is 5.32 Å². The smallest absolute Gasteiger partial charge is 0.303 e. The molecule has 0 aliphatic carbocycles. The summed E-state index contributed by atoms with van der Waals surface area (Å²) < 4.78 is 68.2. The monoisotopic (exact) mass is 761 g/mol. The molecular weight excluding hydrogens is 723 g/mol. The van der Waals surface area contributed by atoms with Crippen LogP contribution >= 0.6 is 10.9 Å². The van der Waals surface area contributed by atoms with E-state index in [1.807, 2.05) is 6.07 Å². The van der Waals surface area contributed by atoms with Crippen molar-refractivity contribution in [3.8, 4) is 22.5 Å². The molecule has 0 radical (unpaired) electrons. The minimum Gasteiger partial charge on any atom is -0.465 e. The van der Waals surface area contributed by atoms with Gasteiger partial charge in [0.15, 0.2) is 17.5 Å². The molecule has 2 fully saturated rings. The third-order valence-electron chi connectivity index (χ3n) is 9.19. The zero-order chi connectivity index (χ0) is 38.0. The Morgan fingerprint density at radius 1 is 0.962 bits per heavy atom. The Bertz CT molecular complexity index is 1960. The first kappa shape index (κ1) is 37.9. The molecule has 2 aromatic carbocycles. The lowest BCUT2D eigenvalue weighted by Gasteiger charge is -2.52. The molecule has 15 nitrogen and oxygen atoms in total. The number of hydrogen-bond donors (Lipinski definition) is 3. The van der Waals surface area contributed by atoms with E-state index in [2.05, 4.69) is 25.9 Å². The van der Waals surface area contributed by atoms with E-state index in [1.54, 1.807) is 24.4 Å². The van der Waals surface area contributed by atoms with Gasteiger partial charge in [-0.05, 0) is 24.3 Å². The number of carbonyl (C=O) groups is 3. The Hall–Kier alpha value is -4.85. The van der Waals surface area contributed by atoms with Gasteiger partial charge < -0.3 is 29.4 Å². The van der Waals surface area contributed by atoms with Crippen LogP contribution in [0.15, 0.2) is 48.8 Å². The van der Waals surface area contributed by atoms with E-state index in [1.165, 1.54) is 43.4 Å². The number of aliphatic hydroxyl groups is 1. The lowest BCUT2D eigenvalue weighted by Crippen LogP contribution is -2.57. The van der Waals surface area contributed by atoms with Gasteiger partial charge in [-0.1, -0.05) is 22.6 Å². The average Bonchev–Trinajstić information content (AvgIpc) is 3.80. The third-order valence-corrected chi connectivity index (χ3v) is 12.6. The minimum absolute atomic E-state index is 0.0107. The quantitative estimate of drug-likeness (QED) is 0.122. The number of rotatable bonds is 10. The molecule has 0 saturated carbocycles. The molecule has 53 heavy (non-hydrogen) atoms. The zero-order valence-electron chi connectivity index (χ0n) is 29.1. The summed E-state index contributed by atoms with van der Waals surface area (Å²) in [4.78, 5) is 36.3. The number of thiol groups is 1. The molecule has 1 unspecified atom stereocenters. The van der Waals surface area contributed by atoms with Crippen molar-refractivity contribution >= 4 is 34.4 Å². The third kappa shape index (κ3) is 8.22. The normalized spacial score (nSPS) is 26.5. The number of ether oxygens (including phenoxy) is 4.